The number of hydrogen-bond acceptors (Lipinski definition) is 7. The van der Waals surface area contributed by atoms with E-state index in [2.05, 4.69) is 0 Å². The van der Waals surface area contributed by atoms with Crippen molar-refractivity contribution in [2.24, 2.45) is 0 Å². The quantitative estimate of drug-likeness (QED) is 0.276. The highest BCUT2D eigenvalue weighted by atomic mass is 35.9. The van der Waals surface area contributed by atoms with E-state index < -0.39 is 29.2 Å². The Labute approximate surface area is 225 Å². The van der Waals surface area contributed by atoms with Crippen LogP contribution in [0.5, 0.6) is 23.0 Å². The molecule has 1 heterocycles. The lowest BCUT2D eigenvalue weighted by Crippen LogP contribution is -2.41. The minimum Gasteiger partial charge on any atom is -0.482 e. The zero-order valence-corrected chi connectivity index (χ0v) is 24.9. The Hall–Kier alpha value is 0.0700. The minimum absolute atomic E-state index is 0.0383. The standard InChI is InChI=1S/C18H17Cl6O7P3/c1-17(2)10-18(3,28-15-8-11(4-6-13(15)17)29-32(19,20)25)14-7-5-12(30-33(21,22)26)9-16(14)31-34(23,24)27/h4-9H,10H2,1-3H3. The Morgan fingerprint density at radius 1 is 0.735 bits per heavy atom. The van der Waals surface area contributed by atoms with Crippen LogP contribution in [0.25, 0.3) is 0 Å². The fourth-order valence-corrected chi connectivity index (χ4v) is 6.50. The first-order valence-corrected chi connectivity index (χ1v) is 19.6. The van der Waals surface area contributed by atoms with Gasteiger partial charge < -0.3 is 18.3 Å². The summed E-state index contributed by atoms with van der Waals surface area (Å²) in [5.41, 5.74) is -0.314. The Balaban J connectivity index is 2.12. The fraction of sp³-hybridized carbons (Fsp3) is 0.333. The molecule has 1 unspecified atom stereocenters. The maximum absolute atomic E-state index is 12.1. The number of rotatable bonds is 7. The maximum atomic E-state index is 12.1. The summed E-state index contributed by atoms with van der Waals surface area (Å²) < 4.78 is 57.2. The molecule has 3 rings (SSSR count). The average Bonchev–Trinajstić information content (AvgIpc) is 2.56. The highest BCUT2D eigenvalue weighted by Crippen LogP contribution is 2.62. The molecule has 0 aliphatic carbocycles. The molecule has 0 aromatic heterocycles. The number of hydrogen-bond donors (Lipinski definition) is 0. The van der Waals surface area contributed by atoms with Gasteiger partial charge in [-0.25, -0.2) is 13.7 Å². The van der Waals surface area contributed by atoms with E-state index in [1.54, 1.807) is 19.1 Å². The molecule has 0 fully saturated rings. The van der Waals surface area contributed by atoms with Crippen molar-refractivity contribution < 1.29 is 32.0 Å². The molecular formula is C18H17Cl6O7P3. The maximum Gasteiger partial charge on any atom is 0.428 e. The second-order valence-electron chi connectivity index (χ2n) is 8.23. The lowest BCUT2D eigenvalue weighted by atomic mass is 9.71. The van der Waals surface area contributed by atoms with Crippen molar-refractivity contribution in [3.05, 3.63) is 47.5 Å². The Kier molecular flexibility index (Phi) is 8.21. The Bertz CT molecular complexity index is 1250. The molecule has 0 radical (unpaired) electrons. The molecule has 0 N–H and O–H groups in total. The van der Waals surface area contributed by atoms with E-state index in [0.717, 1.165) is 5.56 Å². The molecule has 2 aromatic rings. The van der Waals surface area contributed by atoms with Gasteiger partial charge in [0.15, 0.2) is 0 Å². The van der Waals surface area contributed by atoms with Gasteiger partial charge in [-0.15, -0.1) is 0 Å². The average molecular weight is 651 g/mol. The molecule has 34 heavy (non-hydrogen) atoms. The third kappa shape index (κ3) is 7.54. The first kappa shape index (κ1) is 28.6. The fourth-order valence-electron chi connectivity index (χ4n) is 4.00. The van der Waals surface area contributed by atoms with Gasteiger partial charge in [0, 0.05) is 97.1 Å². The molecule has 2 aromatic carbocycles. The van der Waals surface area contributed by atoms with Gasteiger partial charge in [0.05, 0.1) is 0 Å². The van der Waals surface area contributed by atoms with Crippen LogP contribution in [0.2, 0.25) is 0 Å². The van der Waals surface area contributed by atoms with Crippen LogP contribution >= 0.6 is 85.7 Å². The molecule has 188 valence electrons. The van der Waals surface area contributed by atoms with Crippen LogP contribution < -0.4 is 18.3 Å². The van der Waals surface area contributed by atoms with E-state index in [1.807, 2.05) is 13.8 Å². The summed E-state index contributed by atoms with van der Waals surface area (Å²) in [6.45, 7) is 5.75. The number of ether oxygens (including phenoxy) is 1. The Morgan fingerprint density at radius 3 is 1.71 bits per heavy atom. The molecule has 0 bridgehead atoms. The molecule has 7 nitrogen and oxygen atoms in total. The van der Waals surface area contributed by atoms with Gasteiger partial charge in [-0.1, -0.05) is 19.9 Å². The largest absolute Gasteiger partial charge is 0.482 e. The van der Waals surface area contributed by atoms with Crippen molar-refractivity contribution in [2.75, 3.05) is 0 Å². The molecule has 1 aliphatic rings. The van der Waals surface area contributed by atoms with Gasteiger partial charge >= 0.3 is 18.2 Å². The van der Waals surface area contributed by atoms with Crippen molar-refractivity contribution in [1.29, 1.82) is 0 Å². The summed E-state index contributed by atoms with van der Waals surface area (Å²) >= 11 is 33.4. The van der Waals surface area contributed by atoms with Gasteiger partial charge in [0.2, 0.25) is 0 Å². The number of fused-ring (bicyclic) bond motifs is 1. The third-order valence-corrected chi connectivity index (χ3v) is 7.45. The summed E-state index contributed by atoms with van der Waals surface area (Å²) in [5, 5.41) is 0. The van der Waals surface area contributed by atoms with E-state index in [4.69, 9.17) is 85.8 Å². The monoisotopic (exact) mass is 648 g/mol. The molecular weight excluding hydrogens is 634 g/mol. The summed E-state index contributed by atoms with van der Waals surface area (Å²) in [6, 6.07) is 9.06. The second kappa shape index (κ2) is 9.75. The van der Waals surface area contributed by atoms with E-state index in [-0.39, 0.29) is 17.2 Å². The zero-order valence-electron chi connectivity index (χ0n) is 17.6. The number of benzene rings is 2. The van der Waals surface area contributed by atoms with Gasteiger partial charge in [-0.3, -0.25) is 0 Å². The summed E-state index contributed by atoms with van der Waals surface area (Å²) in [6.07, 6.45) is -11.5. The predicted octanol–water partition coefficient (Wildman–Crippen LogP) is 10.6. The van der Waals surface area contributed by atoms with Gasteiger partial charge in [-0.2, -0.15) is 0 Å². The van der Waals surface area contributed by atoms with Crippen LogP contribution in [0, 0.1) is 0 Å². The minimum atomic E-state index is -4.08. The van der Waals surface area contributed by atoms with Gasteiger partial charge in [0.1, 0.15) is 28.6 Å². The summed E-state index contributed by atoms with van der Waals surface area (Å²) in [4.78, 5) is 0. The molecule has 0 saturated carbocycles. The molecule has 0 spiro atoms. The van der Waals surface area contributed by atoms with Crippen molar-refractivity contribution in [1.82, 2.24) is 0 Å². The topological polar surface area (TPSA) is 88.1 Å². The Morgan fingerprint density at radius 2 is 1.21 bits per heavy atom. The lowest BCUT2D eigenvalue weighted by molar-refractivity contribution is 0.0311. The van der Waals surface area contributed by atoms with E-state index in [1.165, 1.54) is 24.3 Å². The molecule has 0 saturated heterocycles. The molecule has 1 atom stereocenters. The third-order valence-electron chi connectivity index (χ3n) is 4.95. The number of halogens is 6. The normalized spacial score (nSPS) is 20.1. The highest BCUT2D eigenvalue weighted by molar-refractivity contribution is 8.06. The predicted molar refractivity (Wildman–Crippen MR) is 138 cm³/mol. The van der Waals surface area contributed by atoms with Crippen molar-refractivity contribution in [2.45, 2.75) is 38.2 Å². The van der Waals surface area contributed by atoms with E-state index in [0.29, 0.717) is 17.7 Å². The van der Waals surface area contributed by atoms with Crippen molar-refractivity contribution >= 4 is 85.7 Å². The first-order chi connectivity index (χ1) is 15.3. The van der Waals surface area contributed by atoms with Crippen LogP contribution in [0.1, 0.15) is 38.3 Å². The first-order valence-electron chi connectivity index (χ1n) is 9.31. The zero-order chi connectivity index (χ0) is 25.7. The highest BCUT2D eigenvalue weighted by Gasteiger charge is 2.45. The van der Waals surface area contributed by atoms with Crippen LogP contribution in [-0.4, -0.2) is 0 Å². The van der Waals surface area contributed by atoms with Gasteiger partial charge in [-0.05, 0) is 30.5 Å². The lowest BCUT2D eigenvalue weighted by Gasteiger charge is -2.45. The van der Waals surface area contributed by atoms with E-state index in [9.17, 15) is 13.7 Å². The van der Waals surface area contributed by atoms with Crippen molar-refractivity contribution in [3.8, 4) is 23.0 Å². The molecule has 16 heteroatoms. The van der Waals surface area contributed by atoms with Crippen molar-refractivity contribution in [3.63, 3.8) is 0 Å². The van der Waals surface area contributed by atoms with Crippen LogP contribution in [0.4, 0.5) is 0 Å². The van der Waals surface area contributed by atoms with Crippen LogP contribution in [-0.2, 0) is 24.7 Å². The van der Waals surface area contributed by atoms with Crippen LogP contribution in [0.3, 0.4) is 0 Å². The molecule has 0 amide bonds. The summed E-state index contributed by atoms with van der Waals surface area (Å²) in [5.74, 6) is 0.435. The molecule has 1 aliphatic heterocycles. The van der Waals surface area contributed by atoms with E-state index >= 15 is 0 Å². The summed E-state index contributed by atoms with van der Waals surface area (Å²) in [7, 11) is 0. The van der Waals surface area contributed by atoms with Crippen LogP contribution in [0.15, 0.2) is 36.4 Å². The smallest absolute Gasteiger partial charge is 0.428 e. The van der Waals surface area contributed by atoms with Gasteiger partial charge in [0.25, 0.3) is 0 Å². The second-order valence-corrected chi connectivity index (χ2v) is 20.8. The SMILES string of the molecule is CC1(C)CC(C)(c2ccc(OP(=O)(Cl)Cl)cc2OP(=O)(Cl)Cl)Oc2cc(OP(=O)(Cl)Cl)ccc21.